The van der Waals surface area contributed by atoms with E-state index in [4.69, 9.17) is 4.74 Å². The highest BCUT2D eigenvalue weighted by Gasteiger charge is 2.21. The number of ether oxygens (including phenoxy) is 1. The molecule has 26 heavy (non-hydrogen) atoms. The highest BCUT2D eigenvalue weighted by atomic mass is 19.2. The van der Waals surface area contributed by atoms with Gasteiger partial charge in [0.25, 0.3) is 0 Å². The molecule has 0 aliphatic heterocycles. The van der Waals surface area contributed by atoms with Gasteiger partial charge in [0.1, 0.15) is 12.3 Å². The van der Waals surface area contributed by atoms with Crippen molar-refractivity contribution in [3.05, 3.63) is 53.8 Å². The molecule has 0 saturated carbocycles. The van der Waals surface area contributed by atoms with Gasteiger partial charge in [-0.05, 0) is 31.2 Å². The Morgan fingerprint density at radius 3 is 2.42 bits per heavy atom. The fourth-order valence-corrected chi connectivity index (χ4v) is 2.28. The van der Waals surface area contributed by atoms with E-state index in [2.05, 4.69) is 5.32 Å². The standard InChI is InChI=1S/C18H17F3N2O3/c1-3-26-15-7-5-4-6-14(15)23(11(2)24)10-16(25)22-13-9-8-12(19)17(20)18(13)21/h4-9H,3,10H2,1-2H3,(H,22,25). The van der Waals surface area contributed by atoms with Crippen LogP contribution in [-0.4, -0.2) is 25.0 Å². The van der Waals surface area contributed by atoms with E-state index >= 15 is 0 Å². The average Bonchev–Trinajstić information content (AvgIpc) is 2.61. The Labute approximate surface area is 148 Å². The number of benzene rings is 2. The number of carbonyl (C=O) groups excluding carboxylic acids is 2. The summed E-state index contributed by atoms with van der Waals surface area (Å²) in [6.07, 6.45) is 0. The third-order valence-corrected chi connectivity index (χ3v) is 3.45. The van der Waals surface area contributed by atoms with Crippen LogP contribution < -0.4 is 15.0 Å². The number of nitrogens with one attached hydrogen (secondary N) is 1. The molecular weight excluding hydrogens is 349 g/mol. The maximum absolute atomic E-state index is 13.7. The molecule has 2 rings (SSSR count). The minimum atomic E-state index is -1.69. The first kappa shape index (κ1) is 19.3. The van der Waals surface area contributed by atoms with E-state index in [0.29, 0.717) is 24.1 Å². The molecule has 1 N–H and O–H groups in total. The van der Waals surface area contributed by atoms with Gasteiger partial charge in [-0.15, -0.1) is 0 Å². The van der Waals surface area contributed by atoms with Crippen LogP contribution in [0.15, 0.2) is 36.4 Å². The van der Waals surface area contributed by atoms with Crippen LogP contribution >= 0.6 is 0 Å². The minimum Gasteiger partial charge on any atom is -0.492 e. The van der Waals surface area contributed by atoms with E-state index in [0.717, 1.165) is 11.0 Å². The van der Waals surface area contributed by atoms with Crippen molar-refractivity contribution < 1.29 is 27.5 Å². The van der Waals surface area contributed by atoms with Gasteiger partial charge in [-0.2, -0.15) is 0 Å². The van der Waals surface area contributed by atoms with Crippen LogP contribution in [-0.2, 0) is 9.59 Å². The van der Waals surface area contributed by atoms with Crippen molar-refractivity contribution in [1.82, 2.24) is 0 Å². The normalized spacial score (nSPS) is 10.3. The lowest BCUT2D eigenvalue weighted by molar-refractivity contribution is -0.120. The zero-order valence-corrected chi connectivity index (χ0v) is 14.2. The van der Waals surface area contributed by atoms with Gasteiger partial charge in [0, 0.05) is 6.92 Å². The van der Waals surface area contributed by atoms with Gasteiger partial charge in [-0.3, -0.25) is 14.5 Å². The number of anilines is 2. The zero-order valence-electron chi connectivity index (χ0n) is 14.2. The summed E-state index contributed by atoms with van der Waals surface area (Å²) in [5, 5.41) is 2.13. The van der Waals surface area contributed by atoms with E-state index in [-0.39, 0.29) is 0 Å². The maximum Gasteiger partial charge on any atom is 0.244 e. The molecule has 5 nitrogen and oxygen atoms in total. The predicted molar refractivity (Wildman–Crippen MR) is 90.6 cm³/mol. The van der Waals surface area contributed by atoms with Crippen LogP contribution in [0.4, 0.5) is 24.5 Å². The number of carbonyl (C=O) groups is 2. The summed E-state index contributed by atoms with van der Waals surface area (Å²) in [7, 11) is 0. The molecule has 138 valence electrons. The molecule has 0 fully saturated rings. The van der Waals surface area contributed by atoms with Gasteiger partial charge in [0.15, 0.2) is 17.5 Å². The topological polar surface area (TPSA) is 58.6 Å². The van der Waals surface area contributed by atoms with Crippen molar-refractivity contribution >= 4 is 23.2 Å². The number of rotatable bonds is 6. The Morgan fingerprint density at radius 2 is 1.77 bits per heavy atom. The van der Waals surface area contributed by atoms with Crippen molar-refractivity contribution in [1.29, 1.82) is 0 Å². The maximum atomic E-state index is 13.7. The lowest BCUT2D eigenvalue weighted by Crippen LogP contribution is -2.37. The Morgan fingerprint density at radius 1 is 1.08 bits per heavy atom. The summed E-state index contributed by atoms with van der Waals surface area (Å²) in [4.78, 5) is 25.3. The molecule has 2 aromatic rings. The quantitative estimate of drug-likeness (QED) is 0.796. The molecule has 8 heteroatoms. The molecule has 0 bridgehead atoms. The first-order chi connectivity index (χ1) is 12.3. The first-order valence-corrected chi connectivity index (χ1v) is 7.78. The summed E-state index contributed by atoms with van der Waals surface area (Å²) in [5.74, 6) is -5.39. The van der Waals surface area contributed by atoms with Crippen LogP contribution in [0.5, 0.6) is 5.75 Å². The monoisotopic (exact) mass is 366 g/mol. The first-order valence-electron chi connectivity index (χ1n) is 7.78. The molecule has 0 aromatic heterocycles. The van der Waals surface area contributed by atoms with E-state index in [1.54, 1.807) is 31.2 Å². The molecule has 0 saturated heterocycles. The van der Waals surface area contributed by atoms with Crippen LogP contribution in [0.25, 0.3) is 0 Å². The van der Waals surface area contributed by atoms with Crippen molar-refractivity contribution in [3.63, 3.8) is 0 Å². The molecular formula is C18H17F3N2O3. The lowest BCUT2D eigenvalue weighted by atomic mass is 10.2. The van der Waals surface area contributed by atoms with Crippen molar-refractivity contribution in [2.24, 2.45) is 0 Å². The molecule has 0 aliphatic rings. The average molecular weight is 366 g/mol. The van der Waals surface area contributed by atoms with Gasteiger partial charge in [-0.1, -0.05) is 12.1 Å². The molecule has 0 radical (unpaired) electrons. The van der Waals surface area contributed by atoms with E-state index in [1.807, 2.05) is 0 Å². The Kier molecular flexibility index (Phi) is 6.21. The molecule has 2 aromatic carbocycles. The molecule has 0 unspecified atom stereocenters. The summed E-state index contributed by atoms with van der Waals surface area (Å²) < 4.78 is 45.3. The Hall–Kier alpha value is -3.03. The number of halogens is 3. The summed E-state index contributed by atoms with van der Waals surface area (Å²) in [6, 6.07) is 8.21. The predicted octanol–water partition coefficient (Wildman–Crippen LogP) is 3.49. The Bertz CT molecular complexity index is 827. The van der Waals surface area contributed by atoms with Gasteiger partial charge in [-0.25, -0.2) is 13.2 Å². The second-order valence-electron chi connectivity index (χ2n) is 5.28. The second-order valence-corrected chi connectivity index (χ2v) is 5.28. The molecule has 0 aliphatic carbocycles. The number of hydrogen-bond acceptors (Lipinski definition) is 3. The van der Waals surface area contributed by atoms with Crippen molar-refractivity contribution in [2.75, 3.05) is 23.4 Å². The largest absolute Gasteiger partial charge is 0.492 e. The fraction of sp³-hybridized carbons (Fsp3) is 0.222. The molecule has 0 atom stereocenters. The third kappa shape index (κ3) is 4.33. The minimum absolute atomic E-state index is 0.356. The van der Waals surface area contributed by atoms with E-state index < -0.39 is 41.5 Å². The number of nitrogens with zero attached hydrogens (tertiary/aromatic N) is 1. The molecule has 2 amide bonds. The SMILES string of the molecule is CCOc1ccccc1N(CC(=O)Nc1ccc(F)c(F)c1F)C(C)=O. The molecule has 0 heterocycles. The van der Waals surface area contributed by atoms with Gasteiger partial charge in [0.05, 0.1) is 18.0 Å². The van der Waals surface area contributed by atoms with Gasteiger partial charge < -0.3 is 10.1 Å². The summed E-state index contributed by atoms with van der Waals surface area (Å²) >= 11 is 0. The number of para-hydroxylation sites is 2. The van der Waals surface area contributed by atoms with E-state index in [1.165, 1.54) is 6.92 Å². The van der Waals surface area contributed by atoms with Crippen LogP contribution in [0.3, 0.4) is 0 Å². The lowest BCUT2D eigenvalue weighted by Gasteiger charge is -2.23. The molecule has 0 spiro atoms. The number of amides is 2. The summed E-state index contributed by atoms with van der Waals surface area (Å²) in [6.45, 7) is 2.93. The highest BCUT2D eigenvalue weighted by Crippen LogP contribution is 2.28. The van der Waals surface area contributed by atoms with Crippen LogP contribution in [0, 0.1) is 17.5 Å². The van der Waals surface area contributed by atoms with Crippen molar-refractivity contribution in [2.45, 2.75) is 13.8 Å². The van der Waals surface area contributed by atoms with Gasteiger partial charge in [0.2, 0.25) is 11.8 Å². The van der Waals surface area contributed by atoms with Gasteiger partial charge >= 0.3 is 0 Å². The van der Waals surface area contributed by atoms with Crippen LogP contribution in [0.2, 0.25) is 0 Å². The fourth-order valence-electron chi connectivity index (χ4n) is 2.28. The second kappa shape index (κ2) is 8.37. The highest BCUT2D eigenvalue weighted by molar-refractivity contribution is 6.02. The van der Waals surface area contributed by atoms with Crippen LogP contribution in [0.1, 0.15) is 13.8 Å². The zero-order chi connectivity index (χ0) is 19.3. The Balaban J connectivity index is 2.22. The smallest absolute Gasteiger partial charge is 0.244 e. The summed E-state index contributed by atoms with van der Waals surface area (Å²) in [5.41, 5.74) is -0.154. The number of hydrogen-bond donors (Lipinski definition) is 1. The van der Waals surface area contributed by atoms with E-state index in [9.17, 15) is 22.8 Å². The third-order valence-electron chi connectivity index (χ3n) is 3.45. The van der Waals surface area contributed by atoms with Crippen molar-refractivity contribution in [3.8, 4) is 5.75 Å².